The molecule has 0 fully saturated rings. The number of amides is 2. The van der Waals surface area contributed by atoms with Gasteiger partial charge in [-0.15, -0.1) is 0 Å². The van der Waals surface area contributed by atoms with Crippen molar-refractivity contribution in [2.75, 3.05) is 10.6 Å². The Labute approximate surface area is 197 Å². The third-order valence-corrected chi connectivity index (χ3v) is 5.18. The zero-order valence-corrected chi connectivity index (χ0v) is 19.3. The van der Waals surface area contributed by atoms with E-state index in [-0.39, 0.29) is 24.2 Å². The summed E-state index contributed by atoms with van der Waals surface area (Å²) in [7, 11) is 0. The second kappa shape index (κ2) is 10.0. The highest BCUT2D eigenvalue weighted by Crippen LogP contribution is 2.19. The number of ether oxygens (including phenoxy) is 1. The van der Waals surface area contributed by atoms with Crippen LogP contribution in [0.2, 0.25) is 0 Å². The fourth-order valence-electron chi connectivity index (χ4n) is 3.49. The van der Waals surface area contributed by atoms with Crippen LogP contribution in [0, 0.1) is 13.8 Å². The fourth-order valence-corrected chi connectivity index (χ4v) is 3.49. The second-order valence-electron chi connectivity index (χ2n) is 7.80. The Hall–Kier alpha value is -4.40. The zero-order chi connectivity index (χ0) is 24.1. The molecule has 4 aromatic rings. The maximum absolute atomic E-state index is 12.7. The number of rotatable bonds is 8. The lowest BCUT2D eigenvalue weighted by Crippen LogP contribution is -2.18. The van der Waals surface area contributed by atoms with Crippen molar-refractivity contribution in [2.45, 2.75) is 34.0 Å². The van der Waals surface area contributed by atoms with Gasteiger partial charge in [0.25, 0.3) is 11.8 Å². The van der Waals surface area contributed by atoms with Gasteiger partial charge in [-0.2, -0.15) is 10.2 Å². The average Bonchev–Trinajstić information content (AvgIpc) is 3.48. The number of nitrogens with one attached hydrogen (secondary N) is 2. The third kappa shape index (κ3) is 5.32. The van der Waals surface area contributed by atoms with Crippen LogP contribution < -0.4 is 15.4 Å². The van der Waals surface area contributed by atoms with Crippen LogP contribution in [0.1, 0.15) is 39.0 Å². The van der Waals surface area contributed by atoms with Crippen LogP contribution in [0.25, 0.3) is 0 Å². The molecule has 0 saturated heterocycles. The summed E-state index contributed by atoms with van der Waals surface area (Å²) < 4.78 is 8.98. The first-order valence-electron chi connectivity index (χ1n) is 10.9. The number of aromatic nitrogens is 4. The maximum Gasteiger partial charge on any atom is 0.276 e. The van der Waals surface area contributed by atoms with Gasteiger partial charge in [0.1, 0.15) is 11.4 Å². The van der Waals surface area contributed by atoms with Crippen LogP contribution in [-0.4, -0.2) is 31.4 Å². The van der Waals surface area contributed by atoms with Crippen LogP contribution in [0.3, 0.4) is 0 Å². The van der Waals surface area contributed by atoms with Gasteiger partial charge in [-0.1, -0.05) is 23.8 Å². The summed E-state index contributed by atoms with van der Waals surface area (Å²) in [6.07, 6.45) is 3.27. The molecular weight excluding hydrogens is 432 g/mol. The molecule has 0 bridgehead atoms. The van der Waals surface area contributed by atoms with E-state index in [1.54, 1.807) is 58.2 Å². The van der Waals surface area contributed by atoms with Crippen LogP contribution in [-0.2, 0) is 13.3 Å². The number of nitrogens with zero attached hydrogens (tertiary/aromatic N) is 4. The molecule has 0 aliphatic heterocycles. The van der Waals surface area contributed by atoms with Gasteiger partial charge >= 0.3 is 0 Å². The van der Waals surface area contributed by atoms with Crippen molar-refractivity contribution in [1.82, 2.24) is 19.6 Å². The molecule has 0 aliphatic carbocycles. The lowest BCUT2D eigenvalue weighted by Gasteiger charge is -2.10. The molecule has 9 nitrogen and oxygen atoms in total. The van der Waals surface area contributed by atoms with Gasteiger partial charge in [-0.05, 0) is 62.7 Å². The Kier molecular flexibility index (Phi) is 6.72. The van der Waals surface area contributed by atoms with E-state index < -0.39 is 0 Å². The van der Waals surface area contributed by atoms with Crippen LogP contribution >= 0.6 is 0 Å². The van der Waals surface area contributed by atoms with E-state index in [0.717, 1.165) is 11.3 Å². The molecule has 2 N–H and O–H groups in total. The Morgan fingerprint density at radius 1 is 0.971 bits per heavy atom. The Balaban J connectivity index is 1.36. The number of hydrogen-bond donors (Lipinski definition) is 2. The Bertz CT molecular complexity index is 1320. The quantitative estimate of drug-likeness (QED) is 0.411. The molecule has 2 heterocycles. The van der Waals surface area contributed by atoms with E-state index in [4.69, 9.17) is 4.74 Å². The second-order valence-corrected chi connectivity index (χ2v) is 7.80. The van der Waals surface area contributed by atoms with Crippen molar-refractivity contribution in [2.24, 2.45) is 0 Å². The monoisotopic (exact) mass is 458 g/mol. The van der Waals surface area contributed by atoms with Gasteiger partial charge in [-0.3, -0.25) is 14.3 Å². The summed E-state index contributed by atoms with van der Waals surface area (Å²) in [5, 5.41) is 14.0. The minimum Gasteiger partial charge on any atom is -0.471 e. The van der Waals surface area contributed by atoms with Crippen molar-refractivity contribution in [3.63, 3.8) is 0 Å². The first-order chi connectivity index (χ1) is 16.4. The van der Waals surface area contributed by atoms with Gasteiger partial charge in [0, 0.05) is 30.3 Å². The number of hydrogen-bond acceptors (Lipinski definition) is 5. The van der Waals surface area contributed by atoms with Gasteiger partial charge in [0.05, 0.1) is 0 Å². The topological polar surface area (TPSA) is 103 Å². The predicted octanol–water partition coefficient (Wildman–Crippen LogP) is 4.26. The molecule has 0 unspecified atom stereocenters. The number of carbonyl (C=O) groups is 2. The first kappa shape index (κ1) is 22.8. The number of carbonyl (C=O) groups excluding carboxylic acids is 2. The van der Waals surface area contributed by atoms with Crippen molar-refractivity contribution in [3.05, 3.63) is 89.5 Å². The van der Waals surface area contributed by atoms with E-state index in [1.807, 2.05) is 39.0 Å². The van der Waals surface area contributed by atoms with Crippen molar-refractivity contribution >= 4 is 23.2 Å². The summed E-state index contributed by atoms with van der Waals surface area (Å²) in [5.41, 5.74) is 4.01. The van der Waals surface area contributed by atoms with Gasteiger partial charge in [-0.25, -0.2) is 4.68 Å². The van der Waals surface area contributed by atoms with Crippen LogP contribution in [0.5, 0.6) is 5.75 Å². The van der Waals surface area contributed by atoms with E-state index in [0.29, 0.717) is 23.6 Å². The molecule has 9 heteroatoms. The summed E-state index contributed by atoms with van der Waals surface area (Å²) in [4.78, 5) is 25.2. The zero-order valence-electron chi connectivity index (χ0n) is 19.3. The van der Waals surface area contributed by atoms with Crippen molar-refractivity contribution in [1.29, 1.82) is 0 Å². The lowest BCUT2D eigenvalue weighted by molar-refractivity contribution is 0.101. The Morgan fingerprint density at radius 3 is 2.47 bits per heavy atom. The molecular formula is C25H26N6O3. The molecule has 0 atom stereocenters. The number of anilines is 2. The van der Waals surface area contributed by atoms with E-state index in [9.17, 15) is 9.59 Å². The number of benzene rings is 2. The summed E-state index contributed by atoms with van der Waals surface area (Å²) in [5.74, 6) is 0.135. The van der Waals surface area contributed by atoms with Gasteiger partial charge < -0.3 is 15.4 Å². The standard InChI is InChI=1S/C25H26N6O3/c1-4-31-22(10-12-26-31)25(33)28-20-7-5-6-19(15-20)27-24(32)21-11-13-30(29-21)16-34-23-9-8-17(2)14-18(23)3/h5-15H,4,16H2,1-3H3,(H,27,32)(H,28,33). The molecule has 0 radical (unpaired) electrons. The van der Waals surface area contributed by atoms with E-state index in [2.05, 4.69) is 20.8 Å². The van der Waals surface area contributed by atoms with Crippen molar-refractivity contribution < 1.29 is 14.3 Å². The average molecular weight is 459 g/mol. The lowest BCUT2D eigenvalue weighted by atomic mass is 10.1. The molecule has 34 heavy (non-hydrogen) atoms. The highest BCUT2D eigenvalue weighted by molar-refractivity contribution is 6.05. The highest BCUT2D eigenvalue weighted by Gasteiger charge is 2.13. The molecule has 174 valence electrons. The molecule has 2 aromatic carbocycles. The molecule has 4 rings (SSSR count). The van der Waals surface area contributed by atoms with Gasteiger partial charge in [0.15, 0.2) is 12.4 Å². The molecule has 0 aliphatic rings. The predicted molar refractivity (Wildman–Crippen MR) is 129 cm³/mol. The largest absolute Gasteiger partial charge is 0.471 e. The van der Waals surface area contributed by atoms with Crippen LogP contribution in [0.4, 0.5) is 11.4 Å². The fraction of sp³-hybridized carbons (Fsp3) is 0.200. The third-order valence-electron chi connectivity index (χ3n) is 5.18. The minimum absolute atomic E-state index is 0.188. The van der Waals surface area contributed by atoms with Gasteiger partial charge in [0.2, 0.25) is 0 Å². The molecule has 2 amide bonds. The summed E-state index contributed by atoms with van der Waals surface area (Å²) in [6.45, 7) is 6.71. The summed E-state index contributed by atoms with van der Waals surface area (Å²) in [6, 6.07) is 16.2. The minimum atomic E-state index is -0.363. The highest BCUT2D eigenvalue weighted by atomic mass is 16.5. The van der Waals surface area contributed by atoms with Crippen molar-refractivity contribution in [3.8, 4) is 5.75 Å². The molecule has 0 saturated carbocycles. The van der Waals surface area contributed by atoms with E-state index >= 15 is 0 Å². The number of aryl methyl sites for hydroxylation is 3. The maximum atomic E-state index is 12.7. The molecule has 2 aromatic heterocycles. The normalized spacial score (nSPS) is 10.7. The van der Waals surface area contributed by atoms with Crippen LogP contribution in [0.15, 0.2) is 67.0 Å². The Morgan fingerprint density at radius 2 is 1.74 bits per heavy atom. The van der Waals surface area contributed by atoms with E-state index in [1.165, 1.54) is 5.56 Å². The smallest absolute Gasteiger partial charge is 0.276 e. The summed E-state index contributed by atoms with van der Waals surface area (Å²) >= 11 is 0. The first-order valence-corrected chi connectivity index (χ1v) is 10.9. The SMILES string of the molecule is CCn1nccc1C(=O)Nc1cccc(NC(=O)c2ccn(COc3ccc(C)cc3C)n2)c1. The molecule has 0 spiro atoms.